The maximum absolute atomic E-state index is 12.8. The molecule has 2 fully saturated rings. The monoisotopic (exact) mass is 346 g/mol. The molecule has 3 heterocycles. The molecular weight excluding hydrogens is 324 g/mol. The first-order chi connectivity index (χ1) is 11.3. The number of piperidine rings is 1. The molecule has 5 heteroatoms. The second kappa shape index (κ2) is 6.73. The molecule has 4 rings (SSSR count). The van der Waals surface area contributed by atoms with Crippen LogP contribution in [0.15, 0.2) is 22.9 Å². The van der Waals surface area contributed by atoms with Crippen LogP contribution in [0.5, 0.6) is 0 Å². The van der Waals surface area contributed by atoms with Crippen molar-refractivity contribution in [1.29, 1.82) is 0 Å². The molecule has 0 radical (unpaired) electrons. The van der Waals surface area contributed by atoms with E-state index in [9.17, 15) is 4.79 Å². The first-order valence-corrected chi connectivity index (χ1v) is 10.3. The van der Waals surface area contributed by atoms with E-state index in [-0.39, 0.29) is 5.91 Å². The van der Waals surface area contributed by atoms with Crippen LogP contribution in [0.4, 0.5) is 0 Å². The van der Waals surface area contributed by atoms with Gasteiger partial charge < -0.3 is 4.90 Å². The van der Waals surface area contributed by atoms with Gasteiger partial charge in [0.05, 0.1) is 17.0 Å². The Balaban J connectivity index is 1.45. The summed E-state index contributed by atoms with van der Waals surface area (Å²) < 4.78 is 0. The second-order valence-electron chi connectivity index (χ2n) is 6.64. The van der Waals surface area contributed by atoms with Crippen LogP contribution in [-0.4, -0.2) is 28.4 Å². The highest BCUT2D eigenvalue weighted by Crippen LogP contribution is 2.35. The molecule has 2 unspecified atom stereocenters. The lowest BCUT2D eigenvalue weighted by molar-refractivity contribution is -0.136. The SMILES string of the molecule is O=C(Cc1csc(-c2cccs2)n1)N1CCCC2CCCCC21. The molecular formula is C18H22N2OS2. The molecule has 2 aliphatic rings. The molecule has 2 atom stereocenters. The molecule has 1 saturated carbocycles. The molecule has 1 aliphatic carbocycles. The number of carbonyl (C=O) groups is 1. The van der Waals surface area contributed by atoms with E-state index in [1.807, 2.05) is 6.07 Å². The molecule has 1 aliphatic heterocycles. The number of hydrogen-bond donors (Lipinski definition) is 0. The zero-order valence-corrected chi connectivity index (χ0v) is 14.9. The molecule has 1 saturated heterocycles. The molecule has 3 nitrogen and oxygen atoms in total. The molecule has 0 N–H and O–H groups in total. The van der Waals surface area contributed by atoms with E-state index in [4.69, 9.17) is 0 Å². The number of thiophene rings is 1. The van der Waals surface area contributed by atoms with E-state index < -0.39 is 0 Å². The Labute approximate surface area is 145 Å². The minimum absolute atomic E-state index is 0.282. The number of amides is 1. The second-order valence-corrected chi connectivity index (χ2v) is 8.45. The van der Waals surface area contributed by atoms with E-state index in [1.54, 1.807) is 22.7 Å². The number of carbonyl (C=O) groups excluding carboxylic acids is 1. The Bertz CT molecular complexity index is 662. The van der Waals surface area contributed by atoms with Crippen LogP contribution in [0.2, 0.25) is 0 Å². The predicted octanol–water partition coefficient (Wildman–Crippen LogP) is 4.60. The Hall–Kier alpha value is -1.20. The van der Waals surface area contributed by atoms with Gasteiger partial charge in [0.1, 0.15) is 5.01 Å². The normalized spacial score (nSPS) is 24.4. The maximum atomic E-state index is 12.8. The van der Waals surface area contributed by atoms with Crippen LogP contribution in [0.25, 0.3) is 9.88 Å². The lowest BCUT2D eigenvalue weighted by Crippen LogP contribution is -2.50. The minimum atomic E-state index is 0.282. The summed E-state index contributed by atoms with van der Waals surface area (Å²) in [5.41, 5.74) is 0.932. The zero-order chi connectivity index (χ0) is 15.6. The van der Waals surface area contributed by atoms with Crippen molar-refractivity contribution >= 4 is 28.6 Å². The first-order valence-electron chi connectivity index (χ1n) is 8.59. The molecule has 2 aromatic rings. The van der Waals surface area contributed by atoms with Crippen molar-refractivity contribution in [2.24, 2.45) is 5.92 Å². The summed E-state index contributed by atoms with van der Waals surface area (Å²) in [6, 6.07) is 4.63. The van der Waals surface area contributed by atoms with E-state index >= 15 is 0 Å². The van der Waals surface area contributed by atoms with E-state index in [0.29, 0.717) is 12.5 Å². The lowest BCUT2D eigenvalue weighted by Gasteiger charge is -2.44. The number of fused-ring (bicyclic) bond motifs is 1. The van der Waals surface area contributed by atoms with Crippen LogP contribution in [0, 0.1) is 5.92 Å². The fourth-order valence-corrected chi connectivity index (χ4v) is 5.73. The van der Waals surface area contributed by atoms with Gasteiger partial charge in [-0.2, -0.15) is 0 Å². The van der Waals surface area contributed by atoms with Gasteiger partial charge in [-0.15, -0.1) is 22.7 Å². The van der Waals surface area contributed by atoms with Crippen molar-refractivity contribution in [2.45, 2.75) is 51.0 Å². The largest absolute Gasteiger partial charge is 0.339 e. The number of aromatic nitrogens is 1. The standard InChI is InChI=1S/C18H22N2OS2/c21-17(20-9-3-6-13-5-1-2-7-15(13)20)11-14-12-23-18(19-14)16-8-4-10-22-16/h4,8,10,12-13,15H,1-3,5-7,9,11H2. The van der Waals surface area contributed by atoms with Crippen molar-refractivity contribution < 1.29 is 4.79 Å². The molecule has 0 spiro atoms. The third kappa shape index (κ3) is 3.22. The molecule has 0 bridgehead atoms. The lowest BCUT2D eigenvalue weighted by atomic mass is 9.78. The average molecular weight is 347 g/mol. The smallest absolute Gasteiger partial charge is 0.228 e. The number of nitrogens with zero attached hydrogens (tertiary/aromatic N) is 2. The summed E-state index contributed by atoms with van der Waals surface area (Å²) in [5, 5.41) is 5.16. The zero-order valence-electron chi connectivity index (χ0n) is 13.2. The van der Waals surface area contributed by atoms with Crippen molar-refractivity contribution in [1.82, 2.24) is 9.88 Å². The summed E-state index contributed by atoms with van der Waals surface area (Å²) in [7, 11) is 0. The van der Waals surface area contributed by atoms with Gasteiger partial charge in [-0.25, -0.2) is 4.98 Å². The Morgan fingerprint density at radius 1 is 1.22 bits per heavy atom. The van der Waals surface area contributed by atoms with Gasteiger partial charge in [0.2, 0.25) is 5.91 Å². The number of hydrogen-bond acceptors (Lipinski definition) is 4. The summed E-state index contributed by atoms with van der Waals surface area (Å²) in [5.74, 6) is 1.03. The molecule has 2 aromatic heterocycles. The summed E-state index contributed by atoms with van der Waals surface area (Å²) in [6.45, 7) is 0.946. The van der Waals surface area contributed by atoms with Gasteiger partial charge in [-0.05, 0) is 43.0 Å². The van der Waals surface area contributed by atoms with Crippen LogP contribution < -0.4 is 0 Å². The predicted molar refractivity (Wildman–Crippen MR) is 95.8 cm³/mol. The molecule has 0 aromatic carbocycles. The van der Waals surface area contributed by atoms with Crippen LogP contribution in [0.3, 0.4) is 0 Å². The molecule has 23 heavy (non-hydrogen) atoms. The van der Waals surface area contributed by atoms with E-state index in [1.165, 1.54) is 43.4 Å². The number of likely N-dealkylation sites (tertiary alicyclic amines) is 1. The van der Waals surface area contributed by atoms with Gasteiger partial charge in [0, 0.05) is 18.0 Å². The van der Waals surface area contributed by atoms with Crippen LogP contribution in [-0.2, 0) is 11.2 Å². The highest BCUT2D eigenvalue weighted by atomic mass is 32.1. The Morgan fingerprint density at radius 3 is 2.96 bits per heavy atom. The highest BCUT2D eigenvalue weighted by Gasteiger charge is 2.35. The van der Waals surface area contributed by atoms with Crippen molar-refractivity contribution in [3.63, 3.8) is 0 Å². The van der Waals surface area contributed by atoms with E-state index in [2.05, 4.69) is 26.7 Å². The summed E-state index contributed by atoms with van der Waals surface area (Å²) in [6.07, 6.45) is 8.09. The average Bonchev–Trinajstić information content (AvgIpc) is 3.25. The Morgan fingerprint density at radius 2 is 2.09 bits per heavy atom. The highest BCUT2D eigenvalue weighted by molar-refractivity contribution is 7.20. The van der Waals surface area contributed by atoms with Crippen molar-refractivity contribution in [2.75, 3.05) is 6.54 Å². The topological polar surface area (TPSA) is 33.2 Å². The van der Waals surface area contributed by atoms with Crippen LogP contribution >= 0.6 is 22.7 Å². The van der Waals surface area contributed by atoms with Gasteiger partial charge in [0.25, 0.3) is 0 Å². The molecule has 1 amide bonds. The van der Waals surface area contributed by atoms with Gasteiger partial charge in [0.15, 0.2) is 0 Å². The fraction of sp³-hybridized carbons (Fsp3) is 0.556. The number of thiazole rings is 1. The third-order valence-electron chi connectivity index (χ3n) is 5.18. The maximum Gasteiger partial charge on any atom is 0.228 e. The third-order valence-corrected chi connectivity index (χ3v) is 7.11. The first kappa shape index (κ1) is 15.3. The quantitative estimate of drug-likeness (QED) is 0.814. The van der Waals surface area contributed by atoms with Crippen molar-refractivity contribution in [3.8, 4) is 9.88 Å². The summed E-state index contributed by atoms with van der Waals surface area (Å²) >= 11 is 3.35. The minimum Gasteiger partial charge on any atom is -0.339 e. The van der Waals surface area contributed by atoms with Gasteiger partial charge >= 0.3 is 0 Å². The van der Waals surface area contributed by atoms with Crippen LogP contribution in [0.1, 0.15) is 44.2 Å². The molecule has 122 valence electrons. The van der Waals surface area contributed by atoms with Gasteiger partial charge in [-0.1, -0.05) is 18.9 Å². The summed E-state index contributed by atoms with van der Waals surface area (Å²) in [4.78, 5) is 20.9. The van der Waals surface area contributed by atoms with E-state index in [0.717, 1.165) is 23.2 Å². The fourth-order valence-electron chi connectivity index (χ4n) is 4.09. The van der Waals surface area contributed by atoms with Crippen molar-refractivity contribution in [3.05, 3.63) is 28.6 Å². The Kier molecular flexibility index (Phi) is 4.49. The van der Waals surface area contributed by atoms with Gasteiger partial charge in [-0.3, -0.25) is 4.79 Å². The number of rotatable bonds is 3.